The Bertz CT molecular complexity index is 2360. The minimum atomic E-state index is 0.486. The molecular formula is C50H50N4O2. The summed E-state index contributed by atoms with van der Waals surface area (Å²) in [6.45, 7) is 15.9. The highest BCUT2D eigenvalue weighted by atomic mass is 16.5. The number of hydrogen-bond acceptors (Lipinski definition) is 6. The molecule has 0 bridgehead atoms. The lowest BCUT2D eigenvalue weighted by molar-refractivity contribution is 0.392. The molecule has 0 amide bonds. The zero-order valence-corrected chi connectivity index (χ0v) is 32.9. The monoisotopic (exact) mass is 738 g/mol. The van der Waals surface area contributed by atoms with Gasteiger partial charge >= 0.3 is 0 Å². The SMILES string of the molecule is C=C(CC1=C(c2ccc(OC)cc2)C(c2ccc(CC)cc2)=NC1)Nc1ccc(NC(=C)Cc2onc(-c3ccc(CC)cc3)c2-c2ccc(CC)cc2)cc1. The summed E-state index contributed by atoms with van der Waals surface area (Å²) < 4.78 is 11.5. The molecule has 2 N–H and O–H groups in total. The van der Waals surface area contributed by atoms with Gasteiger partial charge in [-0.2, -0.15) is 0 Å². The van der Waals surface area contributed by atoms with E-state index in [1.165, 1.54) is 22.3 Å². The third kappa shape index (κ3) is 8.61. The second kappa shape index (κ2) is 17.4. The van der Waals surface area contributed by atoms with Gasteiger partial charge in [0.1, 0.15) is 11.4 Å². The number of nitrogens with one attached hydrogen (secondary N) is 2. The van der Waals surface area contributed by atoms with Crippen LogP contribution in [0.15, 0.2) is 161 Å². The molecule has 0 atom stereocenters. The van der Waals surface area contributed by atoms with Crippen LogP contribution < -0.4 is 15.4 Å². The number of methoxy groups -OCH3 is 1. The number of ether oxygens (including phenoxy) is 1. The highest BCUT2D eigenvalue weighted by Crippen LogP contribution is 2.37. The van der Waals surface area contributed by atoms with Gasteiger partial charge in [0.05, 0.1) is 24.9 Å². The van der Waals surface area contributed by atoms with Crippen LogP contribution in [0.2, 0.25) is 0 Å². The molecule has 0 fully saturated rings. The van der Waals surface area contributed by atoms with Gasteiger partial charge < -0.3 is 19.9 Å². The topological polar surface area (TPSA) is 71.7 Å². The summed E-state index contributed by atoms with van der Waals surface area (Å²) in [5.41, 5.74) is 17.1. The Balaban J connectivity index is 1.04. The number of aromatic nitrogens is 1. The summed E-state index contributed by atoms with van der Waals surface area (Å²) in [7, 11) is 1.69. The van der Waals surface area contributed by atoms with Gasteiger partial charge in [-0.1, -0.05) is 124 Å². The molecule has 0 spiro atoms. The van der Waals surface area contributed by atoms with Crippen molar-refractivity contribution >= 4 is 22.7 Å². The maximum atomic E-state index is 6.04. The summed E-state index contributed by atoms with van der Waals surface area (Å²) in [5, 5.41) is 11.6. The highest BCUT2D eigenvalue weighted by Gasteiger charge is 2.24. The van der Waals surface area contributed by atoms with Gasteiger partial charge in [0.2, 0.25) is 0 Å². The van der Waals surface area contributed by atoms with Crippen LogP contribution in [0.4, 0.5) is 11.4 Å². The number of aliphatic imine (C=N–C) groups is 1. The maximum Gasteiger partial charge on any atom is 0.151 e. The number of allylic oxidation sites excluding steroid dienone is 3. The van der Waals surface area contributed by atoms with Crippen molar-refractivity contribution in [1.29, 1.82) is 0 Å². The predicted octanol–water partition coefficient (Wildman–Crippen LogP) is 12.1. The minimum Gasteiger partial charge on any atom is -0.497 e. The Morgan fingerprint density at radius 1 is 0.607 bits per heavy atom. The van der Waals surface area contributed by atoms with Crippen molar-refractivity contribution in [3.63, 3.8) is 0 Å². The summed E-state index contributed by atoms with van der Waals surface area (Å²) in [4.78, 5) is 5.04. The highest BCUT2D eigenvalue weighted by molar-refractivity contribution is 6.34. The molecule has 0 saturated carbocycles. The Hall–Kier alpha value is -6.40. The van der Waals surface area contributed by atoms with E-state index < -0.39 is 0 Å². The van der Waals surface area contributed by atoms with Gasteiger partial charge in [0.15, 0.2) is 5.76 Å². The molecule has 6 aromatic rings. The van der Waals surface area contributed by atoms with E-state index in [0.717, 1.165) is 98.3 Å². The molecule has 0 saturated heterocycles. The predicted molar refractivity (Wildman–Crippen MR) is 234 cm³/mol. The Kier molecular flexibility index (Phi) is 11.8. The molecule has 0 aliphatic carbocycles. The van der Waals surface area contributed by atoms with Gasteiger partial charge in [-0.25, -0.2) is 0 Å². The first kappa shape index (κ1) is 37.9. The van der Waals surface area contributed by atoms with Crippen molar-refractivity contribution in [2.75, 3.05) is 24.3 Å². The van der Waals surface area contributed by atoms with Crippen LogP contribution in [0.1, 0.15) is 60.8 Å². The van der Waals surface area contributed by atoms with Crippen molar-refractivity contribution < 1.29 is 9.26 Å². The van der Waals surface area contributed by atoms with Crippen LogP contribution in [0.25, 0.3) is 28.0 Å². The molecule has 0 radical (unpaired) electrons. The molecule has 0 unspecified atom stereocenters. The van der Waals surface area contributed by atoms with Gasteiger partial charge in [-0.05, 0) is 89.1 Å². The quantitative estimate of drug-likeness (QED) is 0.103. The summed E-state index contributed by atoms with van der Waals surface area (Å²) >= 11 is 0. The molecular weight excluding hydrogens is 689 g/mol. The molecule has 1 aromatic heterocycles. The van der Waals surface area contributed by atoms with Crippen LogP contribution in [0.5, 0.6) is 5.75 Å². The van der Waals surface area contributed by atoms with Crippen LogP contribution in [0, 0.1) is 0 Å². The van der Waals surface area contributed by atoms with E-state index in [4.69, 9.17) is 14.3 Å². The van der Waals surface area contributed by atoms with Crippen molar-refractivity contribution in [3.8, 4) is 28.1 Å². The fourth-order valence-electron chi connectivity index (χ4n) is 7.21. The summed E-state index contributed by atoms with van der Waals surface area (Å²) in [6.07, 6.45) is 4.14. The second-order valence-corrected chi connectivity index (χ2v) is 14.2. The Morgan fingerprint density at radius 2 is 1.09 bits per heavy atom. The summed E-state index contributed by atoms with van der Waals surface area (Å²) in [6, 6.07) is 42.4. The van der Waals surface area contributed by atoms with Gasteiger partial charge in [-0.3, -0.25) is 4.99 Å². The fraction of sp³-hybridized carbons (Fsp3) is 0.200. The average molecular weight is 739 g/mol. The molecule has 1 aliphatic heterocycles. The Labute approximate surface area is 331 Å². The lowest BCUT2D eigenvalue weighted by Crippen LogP contribution is -2.05. The zero-order chi connectivity index (χ0) is 39.0. The third-order valence-corrected chi connectivity index (χ3v) is 10.4. The van der Waals surface area contributed by atoms with Gasteiger partial charge in [-0.15, -0.1) is 0 Å². The number of nitrogens with zero attached hydrogens (tertiary/aromatic N) is 2. The standard InChI is InChI=1S/C50H50N4O2/c1-7-35-10-16-39(17-11-35)48-46(56-54-50(48)41-20-14-37(9-3)15-21-41)31-34(5)53-44-26-24-43(25-27-44)52-33(4)30-42-32-51-49(40-18-12-36(8-2)13-19-40)47(42)38-22-28-45(55-6)29-23-38/h10-29,52-53H,4-5,7-9,30-32H2,1-3,6H3. The fourth-order valence-corrected chi connectivity index (χ4v) is 7.21. The number of benzene rings is 5. The van der Waals surface area contributed by atoms with Crippen molar-refractivity contribution in [3.05, 3.63) is 185 Å². The average Bonchev–Trinajstić information content (AvgIpc) is 3.85. The smallest absolute Gasteiger partial charge is 0.151 e. The molecule has 7 rings (SSSR count). The van der Waals surface area contributed by atoms with Crippen LogP contribution in [0.3, 0.4) is 0 Å². The van der Waals surface area contributed by atoms with E-state index in [9.17, 15) is 0 Å². The third-order valence-electron chi connectivity index (χ3n) is 10.4. The number of aryl methyl sites for hydroxylation is 3. The van der Waals surface area contributed by atoms with Crippen molar-refractivity contribution in [2.24, 2.45) is 4.99 Å². The molecule has 6 heteroatoms. The molecule has 1 aliphatic rings. The van der Waals surface area contributed by atoms with E-state index in [2.05, 4.69) is 147 Å². The molecule has 2 heterocycles. The first-order valence-corrected chi connectivity index (χ1v) is 19.5. The normalized spacial score (nSPS) is 12.4. The van der Waals surface area contributed by atoms with E-state index in [1.807, 2.05) is 24.3 Å². The first-order chi connectivity index (χ1) is 27.3. The van der Waals surface area contributed by atoms with E-state index in [0.29, 0.717) is 19.4 Å². The van der Waals surface area contributed by atoms with Crippen LogP contribution in [-0.4, -0.2) is 24.5 Å². The minimum absolute atomic E-state index is 0.486. The first-order valence-electron chi connectivity index (χ1n) is 19.5. The molecule has 6 nitrogen and oxygen atoms in total. The van der Waals surface area contributed by atoms with E-state index in [1.54, 1.807) is 7.11 Å². The lowest BCUT2D eigenvalue weighted by atomic mass is 9.91. The molecule has 56 heavy (non-hydrogen) atoms. The maximum absolute atomic E-state index is 6.04. The van der Waals surface area contributed by atoms with Crippen LogP contribution in [-0.2, 0) is 25.7 Å². The molecule has 282 valence electrons. The lowest BCUT2D eigenvalue weighted by Gasteiger charge is -2.15. The van der Waals surface area contributed by atoms with E-state index in [-0.39, 0.29) is 0 Å². The number of hydrogen-bond donors (Lipinski definition) is 2. The number of rotatable bonds is 16. The Morgan fingerprint density at radius 3 is 1.61 bits per heavy atom. The number of anilines is 2. The second-order valence-electron chi connectivity index (χ2n) is 14.2. The van der Waals surface area contributed by atoms with Gasteiger partial charge in [0.25, 0.3) is 0 Å². The zero-order valence-electron chi connectivity index (χ0n) is 32.9. The molecule has 5 aromatic carbocycles. The largest absolute Gasteiger partial charge is 0.497 e. The van der Waals surface area contributed by atoms with Crippen molar-refractivity contribution in [2.45, 2.75) is 52.9 Å². The van der Waals surface area contributed by atoms with Crippen molar-refractivity contribution in [1.82, 2.24) is 5.16 Å². The summed E-state index contributed by atoms with van der Waals surface area (Å²) in [5.74, 6) is 1.60. The van der Waals surface area contributed by atoms with Gasteiger partial charge in [0, 0.05) is 52.3 Å². The van der Waals surface area contributed by atoms with E-state index >= 15 is 0 Å². The van der Waals surface area contributed by atoms with Crippen LogP contribution >= 0.6 is 0 Å².